The molecule has 0 aromatic carbocycles. The van der Waals surface area contributed by atoms with Crippen molar-refractivity contribution >= 4 is 27.0 Å². The minimum atomic E-state index is -0.627. The molecule has 1 fully saturated rings. The van der Waals surface area contributed by atoms with Crippen molar-refractivity contribution in [1.82, 2.24) is 0 Å². The van der Waals surface area contributed by atoms with Crippen LogP contribution in [-0.4, -0.2) is 37.8 Å². The fourth-order valence-corrected chi connectivity index (χ4v) is 2.24. The first-order valence-corrected chi connectivity index (χ1v) is 5.94. The molecule has 6 heteroatoms. The van der Waals surface area contributed by atoms with Crippen molar-refractivity contribution in [2.45, 2.75) is 18.9 Å². The first-order valence-electron chi connectivity index (χ1n) is 4.23. The average molecular weight is 201 g/mol. The quantitative estimate of drug-likeness (QED) is 0.467. The van der Waals surface area contributed by atoms with Gasteiger partial charge in [-0.1, -0.05) is 0 Å². The molecule has 0 aromatic rings. The van der Waals surface area contributed by atoms with Gasteiger partial charge in [0, 0.05) is 7.92 Å². The summed E-state index contributed by atoms with van der Waals surface area (Å²) < 4.78 is 4.92. The lowest BCUT2D eigenvalue weighted by molar-refractivity contribution is -0.114. The summed E-state index contributed by atoms with van der Waals surface area (Å²) in [5.74, 6) is 0. The van der Waals surface area contributed by atoms with Gasteiger partial charge in [0.25, 0.3) is 0 Å². The van der Waals surface area contributed by atoms with Crippen molar-refractivity contribution in [3.8, 4) is 0 Å². The number of nitrogens with two attached hydrogens (primary N) is 1. The van der Waals surface area contributed by atoms with Gasteiger partial charge in [-0.2, -0.15) is 0 Å². The lowest BCUT2D eigenvalue weighted by atomic mass is 9.96. The van der Waals surface area contributed by atoms with Gasteiger partial charge >= 0.3 is 0 Å². The van der Waals surface area contributed by atoms with Crippen LogP contribution in [0.3, 0.4) is 0 Å². The van der Waals surface area contributed by atoms with Crippen LogP contribution >= 0.6 is 7.92 Å². The minimum Gasteiger partial charge on any atom is -0.371 e. The molecule has 4 nitrogen and oxygen atoms in total. The van der Waals surface area contributed by atoms with Gasteiger partial charge in [0.1, 0.15) is 0 Å². The zero-order valence-electron chi connectivity index (χ0n) is 7.66. The van der Waals surface area contributed by atoms with Crippen molar-refractivity contribution in [3.63, 3.8) is 0 Å². The summed E-state index contributed by atoms with van der Waals surface area (Å²) >= 11 is 0. The molecule has 0 amide bonds. The molecule has 0 bridgehead atoms. The zero-order valence-corrected chi connectivity index (χ0v) is 8.55. The summed E-state index contributed by atoms with van der Waals surface area (Å²) in [6.45, 7) is 0. The van der Waals surface area contributed by atoms with Gasteiger partial charge in [-0.15, -0.1) is 0 Å². The maximum Gasteiger partial charge on any atom is 0.187 e. The number of ether oxygens (including phenoxy) is 1. The molecule has 1 rings (SSSR count). The lowest BCUT2D eigenvalue weighted by Crippen LogP contribution is -2.33. The van der Waals surface area contributed by atoms with Gasteiger partial charge < -0.3 is 15.3 Å². The molecule has 1 unspecified atom stereocenters. The predicted molar refractivity (Wildman–Crippen MR) is 53.5 cm³/mol. The number of carbonyl (C=O) groups excluding carboxylic acids is 2. The molecule has 0 aromatic heterocycles. The van der Waals surface area contributed by atoms with Crippen LogP contribution in [0.1, 0.15) is 12.8 Å². The van der Waals surface area contributed by atoms with Crippen LogP contribution in [0, 0.1) is 0 Å². The highest BCUT2D eigenvalue weighted by molar-refractivity contribution is 7.75. The van der Waals surface area contributed by atoms with Crippen LogP contribution in [0.2, 0.25) is 0 Å². The normalized spacial score (nSPS) is 19.2. The summed E-state index contributed by atoms with van der Waals surface area (Å²) in [6, 6.07) is -0.459. The van der Waals surface area contributed by atoms with Gasteiger partial charge in [0.15, 0.2) is 13.4 Å². The van der Waals surface area contributed by atoms with Crippen molar-refractivity contribution in [2.24, 2.45) is 5.73 Å². The molecule has 1 heterocycles. The van der Waals surface area contributed by atoms with Crippen molar-refractivity contribution in [2.75, 3.05) is 12.7 Å². The maximum atomic E-state index is 11.5. The molecule has 1 aliphatic rings. The van der Waals surface area contributed by atoms with Crippen molar-refractivity contribution < 1.29 is 14.3 Å². The highest BCUT2D eigenvalue weighted by Gasteiger charge is 2.29. The average Bonchev–Trinajstić information content (AvgIpc) is 1.96. The van der Waals surface area contributed by atoms with Crippen molar-refractivity contribution in [1.29, 1.82) is 0 Å². The minimum absolute atomic E-state index is 0.0842. The molecule has 0 aliphatic carbocycles. The van der Waals surface area contributed by atoms with Gasteiger partial charge in [-0.25, -0.2) is 0 Å². The first-order chi connectivity index (χ1) is 6.11. The molecular weight excluding hydrogens is 188 g/mol. The number of rotatable bonds is 5. The number of carbonyl (C=O) groups is 2. The van der Waals surface area contributed by atoms with E-state index >= 15 is 0 Å². The standard InChI is InChI=1S/C7H13BNO3P/c8-6(10)2-1-5(9)7(11)13-3-12-4-13/h5H,1-4,8-9H2. The molecule has 2 N–H and O–H groups in total. The molecular formula is C7H13BNO3P. The molecule has 0 saturated carbocycles. The monoisotopic (exact) mass is 201 g/mol. The molecule has 1 atom stereocenters. The van der Waals surface area contributed by atoms with E-state index in [1.54, 1.807) is 0 Å². The van der Waals surface area contributed by atoms with Crippen LogP contribution in [0.25, 0.3) is 0 Å². The van der Waals surface area contributed by atoms with Crippen LogP contribution in [-0.2, 0) is 14.3 Å². The van der Waals surface area contributed by atoms with E-state index in [-0.39, 0.29) is 11.2 Å². The molecule has 13 heavy (non-hydrogen) atoms. The van der Waals surface area contributed by atoms with E-state index in [0.717, 1.165) is 0 Å². The van der Waals surface area contributed by atoms with E-state index in [1.807, 2.05) is 0 Å². The molecule has 1 saturated heterocycles. The fourth-order valence-electron chi connectivity index (χ4n) is 1.03. The first kappa shape index (κ1) is 10.8. The summed E-state index contributed by atoms with van der Waals surface area (Å²) in [5, 5.41) is 0. The smallest absolute Gasteiger partial charge is 0.187 e. The Morgan fingerprint density at radius 2 is 2.15 bits per heavy atom. The Kier molecular flexibility index (Phi) is 4.04. The summed E-state index contributed by atoms with van der Waals surface area (Å²) in [7, 11) is 0.882. The summed E-state index contributed by atoms with van der Waals surface area (Å²) in [6.07, 6.45) is 1.99. The highest BCUT2D eigenvalue weighted by atomic mass is 31.1. The largest absolute Gasteiger partial charge is 0.371 e. The molecule has 0 radical (unpaired) electrons. The SMILES string of the molecule is BC(=O)CCC(N)C(=O)P1COC1. The van der Waals surface area contributed by atoms with Gasteiger partial charge in [-0.3, -0.25) is 4.79 Å². The van der Waals surface area contributed by atoms with Crippen LogP contribution < -0.4 is 5.73 Å². The van der Waals surface area contributed by atoms with Gasteiger partial charge in [0.05, 0.1) is 24.4 Å². The van der Waals surface area contributed by atoms with E-state index in [1.165, 1.54) is 7.85 Å². The van der Waals surface area contributed by atoms with E-state index in [9.17, 15) is 9.59 Å². The second kappa shape index (κ2) is 4.84. The Labute approximate surface area is 79.4 Å². The zero-order chi connectivity index (χ0) is 9.84. The Hall–Kier alpha value is -0.245. The van der Waals surface area contributed by atoms with E-state index in [4.69, 9.17) is 10.5 Å². The Morgan fingerprint density at radius 1 is 1.54 bits per heavy atom. The number of hydrogen-bond donors (Lipinski definition) is 1. The third kappa shape index (κ3) is 3.18. The predicted octanol–water partition coefficient (Wildman–Crippen LogP) is -0.793. The topological polar surface area (TPSA) is 69.4 Å². The highest BCUT2D eigenvalue weighted by Crippen LogP contribution is 2.45. The van der Waals surface area contributed by atoms with Crippen LogP contribution in [0.4, 0.5) is 0 Å². The fraction of sp³-hybridized carbons (Fsp3) is 0.714. The van der Waals surface area contributed by atoms with Crippen molar-refractivity contribution in [3.05, 3.63) is 0 Å². The third-order valence-corrected chi connectivity index (χ3v) is 3.87. The van der Waals surface area contributed by atoms with E-state index in [0.29, 0.717) is 25.5 Å². The number of hydrogen-bond acceptors (Lipinski definition) is 4. The Balaban J connectivity index is 2.25. The Bertz CT molecular complexity index is 220. The van der Waals surface area contributed by atoms with Gasteiger partial charge in [-0.05, 0) is 12.8 Å². The van der Waals surface area contributed by atoms with Crippen LogP contribution in [0.15, 0.2) is 0 Å². The molecule has 72 valence electrons. The van der Waals surface area contributed by atoms with Gasteiger partial charge in [0.2, 0.25) is 0 Å². The summed E-state index contributed by atoms with van der Waals surface area (Å²) in [5.41, 5.74) is 5.82. The van der Waals surface area contributed by atoms with E-state index in [2.05, 4.69) is 0 Å². The summed E-state index contributed by atoms with van der Waals surface area (Å²) in [4.78, 5) is 22.1. The molecule has 0 spiro atoms. The maximum absolute atomic E-state index is 11.5. The van der Waals surface area contributed by atoms with E-state index < -0.39 is 14.0 Å². The third-order valence-electron chi connectivity index (χ3n) is 1.93. The Morgan fingerprint density at radius 3 is 2.54 bits per heavy atom. The molecule has 1 aliphatic heterocycles. The second-order valence-corrected chi connectivity index (χ2v) is 5.22. The lowest BCUT2D eigenvalue weighted by Gasteiger charge is -2.27. The van der Waals surface area contributed by atoms with Crippen LogP contribution in [0.5, 0.6) is 0 Å². The second-order valence-electron chi connectivity index (χ2n) is 3.19.